The number of esters is 1. The number of Topliss-reactive ketones (excluding diaryl/α,β-unsaturated/α-hetero) is 1. The summed E-state index contributed by atoms with van der Waals surface area (Å²) in [5.41, 5.74) is 3.59. The van der Waals surface area contributed by atoms with Crippen LogP contribution in [0.5, 0.6) is 0 Å². The number of ether oxygens (including phenoxy) is 1. The minimum atomic E-state index is -1.47. The molecule has 4 heteroatoms. The van der Waals surface area contributed by atoms with Gasteiger partial charge in [-0.15, -0.1) is 0 Å². The zero-order chi connectivity index (χ0) is 24.0. The summed E-state index contributed by atoms with van der Waals surface area (Å²) in [5.74, 6) is 0.143. The van der Waals surface area contributed by atoms with Crippen LogP contribution in [0.15, 0.2) is 34.9 Å². The summed E-state index contributed by atoms with van der Waals surface area (Å²) >= 11 is 0. The Balaban J connectivity index is 1.40. The van der Waals surface area contributed by atoms with Gasteiger partial charge in [0.25, 0.3) is 0 Å². The van der Waals surface area contributed by atoms with Crippen LogP contribution >= 0.6 is 0 Å². The van der Waals surface area contributed by atoms with Gasteiger partial charge in [0.2, 0.25) is 5.79 Å². The van der Waals surface area contributed by atoms with Gasteiger partial charge in [-0.2, -0.15) is 0 Å². The summed E-state index contributed by atoms with van der Waals surface area (Å²) in [7, 11) is 0. The number of rotatable bonds is 3. The van der Waals surface area contributed by atoms with Crippen molar-refractivity contribution in [3.8, 4) is 0 Å². The highest BCUT2D eigenvalue weighted by atomic mass is 16.7. The van der Waals surface area contributed by atoms with Crippen LogP contribution in [0, 0.1) is 39.9 Å². The maximum atomic E-state index is 12.7. The molecule has 2 fully saturated rings. The predicted octanol–water partition coefficient (Wildman–Crippen LogP) is 5.91. The molecular formula is C29H40O4. The molecule has 0 bridgehead atoms. The second kappa shape index (κ2) is 7.16. The number of fused-ring (bicyclic) bond motifs is 5. The van der Waals surface area contributed by atoms with Crippen LogP contribution in [0.3, 0.4) is 0 Å². The fraction of sp³-hybridized carbons (Fsp3) is 0.724. The summed E-state index contributed by atoms with van der Waals surface area (Å²) in [6, 6.07) is 0. The summed E-state index contributed by atoms with van der Waals surface area (Å²) in [5, 5.41) is 10.9. The van der Waals surface area contributed by atoms with Gasteiger partial charge in [0, 0.05) is 23.8 Å². The van der Waals surface area contributed by atoms with Crippen molar-refractivity contribution in [1.29, 1.82) is 0 Å². The molecule has 1 N–H and O–H groups in total. The first-order valence-corrected chi connectivity index (χ1v) is 12.9. The van der Waals surface area contributed by atoms with Crippen LogP contribution < -0.4 is 0 Å². The molecule has 180 valence electrons. The van der Waals surface area contributed by atoms with Crippen molar-refractivity contribution in [3.63, 3.8) is 0 Å². The molecule has 2 saturated carbocycles. The van der Waals surface area contributed by atoms with Crippen molar-refractivity contribution in [2.45, 2.75) is 92.3 Å². The highest BCUT2D eigenvalue weighted by Crippen LogP contribution is 2.67. The number of allylic oxidation sites excluding steroid dienone is 4. The number of cyclic esters (lactones) is 1. The third-order valence-corrected chi connectivity index (χ3v) is 10.6. The van der Waals surface area contributed by atoms with Gasteiger partial charge in [-0.3, -0.25) is 4.79 Å². The van der Waals surface area contributed by atoms with E-state index in [1.807, 2.05) is 0 Å². The van der Waals surface area contributed by atoms with Gasteiger partial charge < -0.3 is 9.84 Å². The number of ketones is 1. The predicted molar refractivity (Wildman–Crippen MR) is 128 cm³/mol. The largest absolute Gasteiger partial charge is 0.426 e. The van der Waals surface area contributed by atoms with Crippen LogP contribution in [0.25, 0.3) is 0 Å². The third-order valence-electron chi connectivity index (χ3n) is 10.6. The average Bonchev–Trinajstić information content (AvgIpc) is 3.20. The molecule has 4 nitrogen and oxygen atoms in total. The summed E-state index contributed by atoms with van der Waals surface area (Å²) < 4.78 is 5.31. The van der Waals surface area contributed by atoms with E-state index in [2.05, 4.69) is 46.8 Å². The molecular weight excluding hydrogens is 412 g/mol. The van der Waals surface area contributed by atoms with Crippen molar-refractivity contribution >= 4 is 11.8 Å². The van der Waals surface area contributed by atoms with Gasteiger partial charge in [-0.25, -0.2) is 4.79 Å². The fourth-order valence-corrected chi connectivity index (χ4v) is 8.79. The average molecular weight is 453 g/mol. The SMILES string of the molecule is CC1=CC(O)(C[C@H](C)[C@@H]2CC=C3C4=CC[C@H]5C(C)(C)C(=O)CC[C@]5(C)[C@H]4CC[C@]32C)OC1=O. The van der Waals surface area contributed by atoms with Gasteiger partial charge in [0.15, 0.2) is 0 Å². The minimum absolute atomic E-state index is 0.0860. The van der Waals surface area contributed by atoms with Crippen molar-refractivity contribution in [1.82, 2.24) is 0 Å². The van der Waals surface area contributed by atoms with Crippen LogP contribution in [-0.4, -0.2) is 22.6 Å². The van der Waals surface area contributed by atoms with Crippen molar-refractivity contribution in [2.75, 3.05) is 0 Å². The van der Waals surface area contributed by atoms with Crippen LogP contribution in [0.1, 0.15) is 86.5 Å². The van der Waals surface area contributed by atoms with E-state index in [0.29, 0.717) is 42.0 Å². The first kappa shape index (κ1) is 23.1. The van der Waals surface area contributed by atoms with Crippen molar-refractivity contribution in [3.05, 3.63) is 34.9 Å². The molecule has 7 atom stereocenters. The number of carbonyl (C=O) groups is 2. The smallest absolute Gasteiger partial charge is 0.336 e. The molecule has 1 unspecified atom stereocenters. The zero-order valence-corrected chi connectivity index (χ0v) is 21.2. The molecule has 0 aromatic rings. The molecule has 5 aliphatic rings. The molecule has 5 rings (SSSR count). The fourth-order valence-electron chi connectivity index (χ4n) is 8.79. The van der Waals surface area contributed by atoms with Gasteiger partial charge >= 0.3 is 5.97 Å². The molecule has 1 aliphatic heterocycles. The second-order valence-electron chi connectivity index (χ2n) is 12.8. The molecule has 0 aromatic carbocycles. The van der Waals surface area contributed by atoms with Crippen LogP contribution in [0.4, 0.5) is 0 Å². The Morgan fingerprint density at radius 2 is 1.85 bits per heavy atom. The first-order valence-electron chi connectivity index (χ1n) is 12.9. The molecule has 4 aliphatic carbocycles. The van der Waals surface area contributed by atoms with Crippen molar-refractivity contribution in [2.24, 2.45) is 39.9 Å². The number of aliphatic hydroxyl groups is 1. The maximum Gasteiger partial charge on any atom is 0.336 e. The van der Waals surface area contributed by atoms with E-state index in [1.165, 1.54) is 12.0 Å². The quantitative estimate of drug-likeness (QED) is 0.541. The highest BCUT2D eigenvalue weighted by molar-refractivity contribution is 5.90. The standard InChI is InChI=1S/C29H40O4/c1-17(15-29(32)16-18(2)25(31)33-29)20-8-9-21-19-7-10-23-26(3,4)24(30)12-14-28(23,6)22(19)11-13-27(20,21)5/h7,9,16-17,20,22-23,32H,8,10-15H2,1-6H3/t17-,20-,22-,23-,27-,28+,29?/m0/s1. The molecule has 0 amide bonds. The molecule has 33 heavy (non-hydrogen) atoms. The lowest BCUT2D eigenvalue weighted by molar-refractivity contribution is -0.185. The molecule has 0 aromatic heterocycles. The summed E-state index contributed by atoms with van der Waals surface area (Å²) in [6.45, 7) is 13.1. The van der Waals surface area contributed by atoms with Gasteiger partial charge in [-0.05, 0) is 90.8 Å². The Morgan fingerprint density at radius 1 is 1.12 bits per heavy atom. The van der Waals surface area contributed by atoms with E-state index in [0.717, 1.165) is 25.7 Å². The minimum Gasteiger partial charge on any atom is -0.426 e. The Hall–Kier alpha value is -1.68. The second-order valence-corrected chi connectivity index (χ2v) is 12.8. The summed E-state index contributed by atoms with van der Waals surface area (Å²) in [6.07, 6.45) is 13.0. The Morgan fingerprint density at radius 3 is 2.52 bits per heavy atom. The topological polar surface area (TPSA) is 63.6 Å². The normalized spacial score (nSPS) is 44.7. The number of hydrogen-bond donors (Lipinski definition) is 1. The Labute approximate surface area is 198 Å². The molecule has 1 heterocycles. The maximum absolute atomic E-state index is 12.7. The molecule has 0 radical (unpaired) electrons. The monoisotopic (exact) mass is 452 g/mol. The van der Waals surface area contributed by atoms with Crippen LogP contribution in [0.2, 0.25) is 0 Å². The lowest BCUT2D eigenvalue weighted by Crippen LogP contribution is -2.54. The van der Waals surface area contributed by atoms with E-state index in [1.54, 1.807) is 18.6 Å². The molecule has 0 spiro atoms. The number of carbonyl (C=O) groups excluding carboxylic acids is 2. The highest BCUT2D eigenvalue weighted by Gasteiger charge is 2.59. The zero-order valence-electron chi connectivity index (χ0n) is 21.2. The number of hydrogen-bond acceptors (Lipinski definition) is 4. The Kier molecular flexibility index (Phi) is 5.01. The van der Waals surface area contributed by atoms with E-state index in [4.69, 9.17) is 4.74 Å². The third kappa shape index (κ3) is 3.19. The van der Waals surface area contributed by atoms with Crippen LogP contribution in [-0.2, 0) is 14.3 Å². The first-order chi connectivity index (χ1) is 15.3. The summed E-state index contributed by atoms with van der Waals surface area (Å²) in [4.78, 5) is 24.6. The lowest BCUT2D eigenvalue weighted by atomic mass is 9.44. The van der Waals surface area contributed by atoms with E-state index >= 15 is 0 Å². The Bertz CT molecular complexity index is 999. The van der Waals surface area contributed by atoms with Gasteiger partial charge in [0.05, 0.1) is 0 Å². The van der Waals surface area contributed by atoms with Gasteiger partial charge in [-0.1, -0.05) is 46.8 Å². The van der Waals surface area contributed by atoms with E-state index < -0.39 is 11.8 Å². The van der Waals surface area contributed by atoms with E-state index in [-0.39, 0.29) is 22.2 Å². The van der Waals surface area contributed by atoms with Gasteiger partial charge in [0.1, 0.15) is 5.78 Å². The van der Waals surface area contributed by atoms with E-state index in [9.17, 15) is 14.7 Å². The van der Waals surface area contributed by atoms with Crippen molar-refractivity contribution < 1.29 is 19.4 Å². The lowest BCUT2D eigenvalue weighted by Gasteiger charge is -2.59. The molecule has 0 saturated heterocycles.